The van der Waals surface area contributed by atoms with Crippen molar-refractivity contribution in [2.75, 3.05) is 0 Å². The van der Waals surface area contributed by atoms with Crippen molar-refractivity contribution in [1.29, 1.82) is 10.5 Å². The summed E-state index contributed by atoms with van der Waals surface area (Å²) >= 11 is 0. The fraction of sp³-hybridized carbons (Fsp3) is 0. The molecule has 0 aromatic heterocycles. The molecule has 1 rings (SSSR count). The molecule has 94 valence electrons. The molecule has 0 saturated heterocycles. The van der Waals surface area contributed by atoms with Gasteiger partial charge >= 0.3 is 52.5 Å². The van der Waals surface area contributed by atoms with Crippen LogP contribution in [0.4, 0.5) is 5.69 Å². The molecule has 0 saturated carbocycles. The van der Waals surface area contributed by atoms with Crippen molar-refractivity contribution >= 4 is 16.1 Å². The van der Waals surface area contributed by atoms with Crippen molar-refractivity contribution in [3.8, 4) is 12.5 Å². The molecule has 0 amide bonds. The number of nitriles is 2. The number of rotatable bonds is 3. The average Bonchev–Trinajstić information content (AvgIpc) is 2.30. The predicted octanol–water partition coefficient (Wildman–Crippen LogP) is -2.37. The summed E-state index contributed by atoms with van der Waals surface area (Å²) in [5.74, 6) is 0. The van der Waals surface area contributed by atoms with E-state index in [9.17, 15) is 18.5 Å². The van der Waals surface area contributed by atoms with E-state index in [1.54, 1.807) is 12.1 Å². The van der Waals surface area contributed by atoms with Crippen LogP contribution in [0.15, 0.2) is 24.3 Å². The van der Waals surface area contributed by atoms with Crippen molar-refractivity contribution in [2.45, 2.75) is 0 Å². The third kappa shape index (κ3) is 9.82. The molecule has 0 spiro atoms. The number of hydrogen-bond acceptors (Lipinski definition) is 8. The second-order valence-corrected chi connectivity index (χ2v) is 3.43. The van der Waals surface area contributed by atoms with E-state index in [4.69, 9.17) is 10.5 Å². The first-order valence-electron chi connectivity index (χ1n) is 3.93. The van der Waals surface area contributed by atoms with Crippen LogP contribution in [-0.4, -0.2) is 13.3 Å². The molecular weight excluding hydrogens is 289 g/mol. The van der Waals surface area contributed by atoms with Gasteiger partial charge in [0.1, 0.15) is 0 Å². The zero-order valence-corrected chi connectivity index (χ0v) is 12.3. The fourth-order valence-electron chi connectivity index (χ4n) is 0.606. The summed E-state index contributed by atoms with van der Waals surface area (Å²) in [5, 5.41) is 25.2. The summed E-state index contributed by atoms with van der Waals surface area (Å²) in [5.41, 5.74) is 0.0810. The predicted molar refractivity (Wildman–Crippen MR) is 54.2 cm³/mol. The van der Waals surface area contributed by atoms with E-state index in [1.807, 2.05) is 0 Å². The van der Waals surface area contributed by atoms with Crippen LogP contribution < -0.4 is 29.6 Å². The zero-order valence-electron chi connectivity index (χ0n) is 9.51. The molecule has 0 heterocycles. The maximum atomic E-state index is 9.99. The minimum atomic E-state index is -4.40. The number of benzene rings is 1. The first kappa shape index (κ1) is 19.5. The second-order valence-electron chi connectivity index (χ2n) is 2.28. The SMILES string of the molecule is N#COS(=O)(=O)OC#N.O=[N+]([O-])c1c[c-]ccc1.[Na+]. The van der Waals surface area contributed by atoms with Crippen molar-refractivity contribution < 1.29 is 51.3 Å². The molecule has 11 heteroatoms. The van der Waals surface area contributed by atoms with Crippen LogP contribution in [0.25, 0.3) is 0 Å². The van der Waals surface area contributed by atoms with Crippen molar-refractivity contribution in [2.24, 2.45) is 0 Å². The number of non-ortho nitro benzene ring substituents is 1. The molecule has 19 heavy (non-hydrogen) atoms. The van der Waals surface area contributed by atoms with Gasteiger partial charge in [-0.25, -0.2) is 0 Å². The molecule has 0 aliphatic heterocycles. The molecule has 1 aromatic carbocycles. The van der Waals surface area contributed by atoms with Crippen molar-refractivity contribution in [1.82, 2.24) is 0 Å². The largest absolute Gasteiger partial charge is 1.00 e. The normalized spacial score (nSPS) is 8.32. The third-order valence-corrected chi connectivity index (χ3v) is 1.74. The standard InChI is InChI=1S/C6H4NO2.C2N2O4S.Na/c8-7(9)6-4-2-1-3-5-6;3-1-7-9(5,6)8-2-4;/h1-2,4-5H;;/q-1;;+1. The van der Waals surface area contributed by atoms with Crippen LogP contribution >= 0.6 is 0 Å². The summed E-state index contributed by atoms with van der Waals surface area (Å²) in [6.45, 7) is 0. The molecule has 0 aliphatic carbocycles. The topological polar surface area (TPSA) is 143 Å². The van der Waals surface area contributed by atoms with E-state index >= 15 is 0 Å². The van der Waals surface area contributed by atoms with Gasteiger partial charge in [-0.15, -0.1) is 25.0 Å². The van der Waals surface area contributed by atoms with Crippen LogP contribution in [0, 0.1) is 39.2 Å². The van der Waals surface area contributed by atoms with E-state index in [1.165, 1.54) is 12.1 Å². The molecule has 0 fully saturated rings. The van der Waals surface area contributed by atoms with Crippen LogP contribution in [0.1, 0.15) is 0 Å². The Balaban J connectivity index is 0. The molecule has 0 aliphatic rings. The van der Waals surface area contributed by atoms with Gasteiger partial charge in [-0.2, -0.15) is 18.2 Å². The molecule has 0 unspecified atom stereocenters. The zero-order chi connectivity index (χ0) is 14.0. The summed E-state index contributed by atoms with van der Waals surface area (Å²) in [6, 6.07) is 8.56. The second kappa shape index (κ2) is 10.1. The molecular formula is C8H4N3NaO6S. The monoisotopic (exact) mass is 293 g/mol. The summed E-state index contributed by atoms with van der Waals surface area (Å²) < 4.78 is 26.5. The maximum absolute atomic E-state index is 9.99. The molecule has 9 nitrogen and oxygen atoms in total. The Labute approximate surface area is 130 Å². The van der Waals surface area contributed by atoms with Gasteiger partial charge in [0.05, 0.1) is 0 Å². The van der Waals surface area contributed by atoms with Gasteiger partial charge in [-0.05, 0) is 0 Å². The van der Waals surface area contributed by atoms with E-state index in [-0.39, 0.29) is 35.2 Å². The first-order chi connectivity index (χ1) is 8.43. The summed E-state index contributed by atoms with van der Waals surface area (Å²) in [6.07, 6.45) is 1.66. The molecule has 1 aromatic rings. The number of nitrogens with zero attached hydrogens (tertiary/aromatic N) is 3. The Hall–Kier alpha value is -1.85. The third-order valence-electron chi connectivity index (χ3n) is 1.18. The van der Waals surface area contributed by atoms with Gasteiger partial charge in [-0.3, -0.25) is 18.5 Å². The van der Waals surface area contributed by atoms with E-state index < -0.39 is 15.3 Å². The quantitative estimate of drug-likeness (QED) is 0.198. The van der Waals surface area contributed by atoms with Gasteiger partial charge in [0.25, 0.3) is 0 Å². The Morgan fingerprint density at radius 3 is 2.11 bits per heavy atom. The minimum absolute atomic E-state index is 0. The molecule has 0 atom stereocenters. The summed E-state index contributed by atoms with van der Waals surface area (Å²) in [7, 11) is -4.40. The van der Waals surface area contributed by atoms with Crippen molar-refractivity contribution in [3.63, 3.8) is 0 Å². The van der Waals surface area contributed by atoms with Crippen molar-refractivity contribution in [3.05, 3.63) is 40.4 Å². The molecule has 0 radical (unpaired) electrons. The molecule has 0 N–H and O–H groups in total. The van der Waals surface area contributed by atoms with E-state index in [0.29, 0.717) is 0 Å². The summed E-state index contributed by atoms with van der Waals surface area (Å²) in [4.78, 5) is 9.54. The van der Waals surface area contributed by atoms with Crippen LogP contribution in [0.3, 0.4) is 0 Å². The van der Waals surface area contributed by atoms with Gasteiger partial charge in [0, 0.05) is 4.92 Å². The average molecular weight is 293 g/mol. The fourth-order valence-corrected chi connectivity index (χ4v) is 0.822. The van der Waals surface area contributed by atoms with E-state index in [0.717, 1.165) is 12.5 Å². The van der Waals surface area contributed by atoms with E-state index in [2.05, 4.69) is 14.4 Å². The number of hydrogen-bond donors (Lipinski definition) is 0. The van der Waals surface area contributed by atoms with Gasteiger partial charge in [0.15, 0.2) is 5.69 Å². The molecule has 0 bridgehead atoms. The van der Waals surface area contributed by atoms with Gasteiger partial charge in [0.2, 0.25) is 0 Å². The van der Waals surface area contributed by atoms with Crippen LogP contribution in [0.2, 0.25) is 0 Å². The Morgan fingerprint density at radius 2 is 1.84 bits per heavy atom. The smallest absolute Gasteiger partial charge is 0.271 e. The van der Waals surface area contributed by atoms with Crippen LogP contribution in [0.5, 0.6) is 0 Å². The Bertz CT molecular complexity index is 555. The number of nitro benzene ring substituents is 1. The Kier molecular flexibility index (Phi) is 10.4. The van der Waals surface area contributed by atoms with Gasteiger partial charge < -0.3 is 0 Å². The van der Waals surface area contributed by atoms with Gasteiger partial charge in [-0.1, -0.05) is 6.07 Å². The first-order valence-corrected chi connectivity index (χ1v) is 5.27. The minimum Gasteiger partial charge on any atom is -0.271 e. The van der Waals surface area contributed by atoms with Crippen LogP contribution in [-0.2, 0) is 18.8 Å². The number of nitro groups is 1. The maximum Gasteiger partial charge on any atom is 1.00 e. The Morgan fingerprint density at radius 1 is 1.32 bits per heavy atom.